The fraction of sp³-hybridized carbons (Fsp3) is 0.875. The molecule has 3 nitrogen and oxygen atoms in total. The standard InChI is InChI=1S/C8H16O3/c1-5(2)11-7(4)6(3)8(9)10/h5-7H,1-4H3,(H,9,10). The summed E-state index contributed by atoms with van der Waals surface area (Å²) in [7, 11) is 0. The molecule has 0 aromatic rings. The Bertz CT molecular complexity index is 131. The molecular formula is C8H16O3. The van der Waals surface area contributed by atoms with Crippen molar-refractivity contribution in [2.75, 3.05) is 0 Å². The van der Waals surface area contributed by atoms with E-state index in [1.165, 1.54) is 0 Å². The van der Waals surface area contributed by atoms with E-state index in [2.05, 4.69) is 0 Å². The third-order valence-electron chi connectivity index (χ3n) is 1.58. The molecule has 0 spiro atoms. The minimum absolute atomic E-state index is 0.0896. The summed E-state index contributed by atoms with van der Waals surface area (Å²) in [4.78, 5) is 10.4. The van der Waals surface area contributed by atoms with Crippen molar-refractivity contribution in [3.63, 3.8) is 0 Å². The van der Waals surface area contributed by atoms with Crippen molar-refractivity contribution in [1.82, 2.24) is 0 Å². The van der Waals surface area contributed by atoms with Crippen LogP contribution >= 0.6 is 0 Å². The first kappa shape index (κ1) is 10.4. The summed E-state index contributed by atoms with van der Waals surface area (Å²) in [5.41, 5.74) is 0. The van der Waals surface area contributed by atoms with Crippen molar-refractivity contribution >= 4 is 5.97 Å². The molecule has 0 radical (unpaired) electrons. The van der Waals surface area contributed by atoms with Gasteiger partial charge >= 0.3 is 5.97 Å². The Hall–Kier alpha value is -0.570. The van der Waals surface area contributed by atoms with E-state index >= 15 is 0 Å². The molecule has 11 heavy (non-hydrogen) atoms. The molecule has 0 aliphatic carbocycles. The number of aliphatic carboxylic acids is 1. The Morgan fingerprint density at radius 3 is 2.00 bits per heavy atom. The highest BCUT2D eigenvalue weighted by atomic mass is 16.5. The molecule has 0 saturated carbocycles. The monoisotopic (exact) mass is 160 g/mol. The van der Waals surface area contributed by atoms with Gasteiger partial charge in [0.15, 0.2) is 0 Å². The first-order chi connectivity index (χ1) is 4.95. The van der Waals surface area contributed by atoms with Crippen molar-refractivity contribution in [3.8, 4) is 0 Å². The van der Waals surface area contributed by atoms with Crippen LogP contribution in [-0.4, -0.2) is 23.3 Å². The molecule has 0 aromatic heterocycles. The summed E-state index contributed by atoms with van der Waals surface area (Å²) >= 11 is 0. The molecule has 3 heteroatoms. The molecule has 0 fully saturated rings. The van der Waals surface area contributed by atoms with Crippen molar-refractivity contribution < 1.29 is 14.6 Å². The summed E-state index contributed by atoms with van der Waals surface area (Å²) in [6, 6.07) is 0. The second-order valence-corrected chi connectivity index (χ2v) is 3.02. The van der Waals surface area contributed by atoms with Gasteiger partial charge in [0.2, 0.25) is 0 Å². The van der Waals surface area contributed by atoms with Gasteiger partial charge in [-0.3, -0.25) is 4.79 Å². The van der Waals surface area contributed by atoms with E-state index in [4.69, 9.17) is 9.84 Å². The largest absolute Gasteiger partial charge is 0.481 e. The van der Waals surface area contributed by atoms with Crippen LogP contribution in [0, 0.1) is 5.92 Å². The predicted molar refractivity (Wildman–Crippen MR) is 42.5 cm³/mol. The molecule has 1 N–H and O–H groups in total. The van der Waals surface area contributed by atoms with Crippen LogP contribution in [-0.2, 0) is 9.53 Å². The van der Waals surface area contributed by atoms with Crippen molar-refractivity contribution in [2.45, 2.75) is 39.9 Å². The maximum absolute atomic E-state index is 10.4. The van der Waals surface area contributed by atoms with Gasteiger partial charge in [0.1, 0.15) is 0 Å². The van der Waals surface area contributed by atoms with E-state index < -0.39 is 11.9 Å². The third kappa shape index (κ3) is 3.98. The normalized spacial score (nSPS) is 16.5. The van der Waals surface area contributed by atoms with Gasteiger partial charge in [0.25, 0.3) is 0 Å². The summed E-state index contributed by atoms with van der Waals surface area (Å²) in [5, 5.41) is 8.59. The van der Waals surface area contributed by atoms with E-state index in [0.29, 0.717) is 0 Å². The Morgan fingerprint density at radius 1 is 1.27 bits per heavy atom. The van der Waals surface area contributed by atoms with Gasteiger partial charge in [-0.25, -0.2) is 0 Å². The highest BCUT2D eigenvalue weighted by Gasteiger charge is 2.20. The fourth-order valence-corrected chi connectivity index (χ4v) is 0.748. The molecule has 2 unspecified atom stereocenters. The van der Waals surface area contributed by atoms with Crippen LogP contribution in [0.5, 0.6) is 0 Å². The topological polar surface area (TPSA) is 46.5 Å². The molecule has 66 valence electrons. The van der Waals surface area contributed by atoms with E-state index in [0.717, 1.165) is 0 Å². The lowest BCUT2D eigenvalue weighted by Crippen LogP contribution is -2.27. The van der Waals surface area contributed by atoms with Crippen LogP contribution in [0.1, 0.15) is 27.7 Å². The number of hydrogen-bond acceptors (Lipinski definition) is 2. The zero-order valence-corrected chi connectivity index (χ0v) is 7.50. The summed E-state index contributed by atoms with van der Waals surface area (Å²) in [6.07, 6.45) is -0.126. The molecule has 0 amide bonds. The number of ether oxygens (including phenoxy) is 1. The van der Waals surface area contributed by atoms with E-state index in [9.17, 15) is 4.79 Å². The molecule has 0 aromatic carbocycles. The molecule has 0 heterocycles. The average molecular weight is 160 g/mol. The Morgan fingerprint density at radius 2 is 1.73 bits per heavy atom. The number of hydrogen-bond donors (Lipinski definition) is 1. The number of carboxylic acid groups (broad SMARTS) is 1. The lowest BCUT2D eigenvalue weighted by Gasteiger charge is -2.19. The molecule has 0 aliphatic heterocycles. The van der Waals surface area contributed by atoms with Gasteiger partial charge in [0, 0.05) is 0 Å². The van der Waals surface area contributed by atoms with E-state index in [1.807, 2.05) is 13.8 Å². The van der Waals surface area contributed by atoms with Crippen molar-refractivity contribution in [3.05, 3.63) is 0 Å². The molecular weight excluding hydrogens is 144 g/mol. The van der Waals surface area contributed by atoms with Crippen LogP contribution in [0.25, 0.3) is 0 Å². The Labute approximate surface area is 67.4 Å². The quantitative estimate of drug-likeness (QED) is 0.678. The van der Waals surface area contributed by atoms with Crippen molar-refractivity contribution in [2.24, 2.45) is 5.92 Å². The van der Waals surface area contributed by atoms with E-state index in [-0.39, 0.29) is 12.2 Å². The minimum atomic E-state index is -0.807. The zero-order valence-electron chi connectivity index (χ0n) is 7.50. The van der Waals surface area contributed by atoms with E-state index in [1.54, 1.807) is 13.8 Å². The Kier molecular flexibility index (Phi) is 4.11. The highest BCUT2D eigenvalue weighted by Crippen LogP contribution is 2.08. The highest BCUT2D eigenvalue weighted by molar-refractivity contribution is 5.70. The lowest BCUT2D eigenvalue weighted by atomic mass is 10.1. The maximum atomic E-state index is 10.4. The van der Waals surface area contributed by atoms with Gasteiger partial charge in [0.05, 0.1) is 18.1 Å². The van der Waals surface area contributed by atoms with Gasteiger partial charge < -0.3 is 9.84 Å². The first-order valence-corrected chi connectivity index (χ1v) is 3.83. The number of carbonyl (C=O) groups is 1. The molecule has 0 saturated heterocycles. The summed E-state index contributed by atoms with van der Waals surface area (Å²) < 4.78 is 5.29. The first-order valence-electron chi connectivity index (χ1n) is 3.83. The molecule has 0 rings (SSSR count). The molecule has 0 aliphatic rings. The number of carboxylic acids is 1. The predicted octanol–water partition coefficient (Wildman–Crippen LogP) is 1.52. The van der Waals surface area contributed by atoms with Crippen LogP contribution < -0.4 is 0 Å². The SMILES string of the molecule is CC(C)OC(C)C(C)C(=O)O. The number of rotatable bonds is 4. The van der Waals surface area contributed by atoms with Crippen LogP contribution in [0.4, 0.5) is 0 Å². The summed E-state index contributed by atoms with van der Waals surface area (Å²) in [5.74, 6) is -1.24. The second-order valence-electron chi connectivity index (χ2n) is 3.02. The Balaban J connectivity index is 3.82. The smallest absolute Gasteiger partial charge is 0.308 e. The minimum Gasteiger partial charge on any atom is -0.481 e. The molecule has 0 bridgehead atoms. The maximum Gasteiger partial charge on any atom is 0.308 e. The van der Waals surface area contributed by atoms with Crippen LogP contribution in [0.2, 0.25) is 0 Å². The van der Waals surface area contributed by atoms with Crippen molar-refractivity contribution in [1.29, 1.82) is 0 Å². The van der Waals surface area contributed by atoms with Gasteiger partial charge in [-0.05, 0) is 27.7 Å². The van der Waals surface area contributed by atoms with Gasteiger partial charge in [-0.15, -0.1) is 0 Å². The summed E-state index contributed by atoms with van der Waals surface area (Å²) in [6.45, 7) is 7.21. The average Bonchev–Trinajstić information content (AvgIpc) is 1.84. The second kappa shape index (κ2) is 4.34. The van der Waals surface area contributed by atoms with Gasteiger partial charge in [-0.2, -0.15) is 0 Å². The zero-order chi connectivity index (χ0) is 9.02. The molecule has 2 atom stereocenters. The van der Waals surface area contributed by atoms with Gasteiger partial charge in [-0.1, -0.05) is 0 Å². The van der Waals surface area contributed by atoms with Crippen LogP contribution in [0.3, 0.4) is 0 Å². The third-order valence-corrected chi connectivity index (χ3v) is 1.58. The van der Waals surface area contributed by atoms with Crippen LogP contribution in [0.15, 0.2) is 0 Å². The fourth-order valence-electron chi connectivity index (χ4n) is 0.748. The lowest BCUT2D eigenvalue weighted by molar-refractivity contribution is -0.147.